The molecular formula is C12H21N3O. The fourth-order valence-corrected chi connectivity index (χ4v) is 2.42. The van der Waals surface area contributed by atoms with Gasteiger partial charge in [0.25, 0.3) is 5.56 Å². The predicted octanol–water partition coefficient (Wildman–Crippen LogP) is 1.74. The Morgan fingerprint density at radius 2 is 2.19 bits per heavy atom. The van der Waals surface area contributed by atoms with Crippen molar-refractivity contribution in [3.8, 4) is 0 Å². The average Bonchev–Trinajstić information content (AvgIpc) is 2.71. The lowest BCUT2D eigenvalue weighted by atomic mass is 9.96. The van der Waals surface area contributed by atoms with Crippen LogP contribution in [0.3, 0.4) is 0 Å². The van der Waals surface area contributed by atoms with Crippen LogP contribution in [0.5, 0.6) is 0 Å². The molecular weight excluding hydrogens is 202 g/mol. The molecule has 0 bridgehead atoms. The molecule has 0 amide bonds. The van der Waals surface area contributed by atoms with Crippen LogP contribution in [-0.4, -0.2) is 16.3 Å². The molecule has 0 saturated heterocycles. The van der Waals surface area contributed by atoms with Crippen molar-refractivity contribution in [1.29, 1.82) is 0 Å². The highest BCUT2D eigenvalue weighted by atomic mass is 16.1. The highest BCUT2D eigenvalue weighted by Gasteiger charge is 2.18. The first kappa shape index (κ1) is 11.5. The minimum Gasteiger partial charge on any atom is -0.330 e. The first-order chi connectivity index (χ1) is 7.72. The summed E-state index contributed by atoms with van der Waals surface area (Å²) >= 11 is 0. The van der Waals surface area contributed by atoms with Crippen LogP contribution < -0.4 is 11.3 Å². The van der Waals surface area contributed by atoms with Gasteiger partial charge in [0.15, 0.2) is 0 Å². The molecule has 1 atom stereocenters. The number of nitrogens with one attached hydrogen (secondary N) is 1. The number of hydrogen-bond donors (Lipinski definition) is 2. The van der Waals surface area contributed by atoms with E-state index in [1.807, 2.05) is 6.92 Å². The summed E-state index contributed by atoms with van der Waals surface area (Å²) in [4.78, 5) is 11.9. The Labute approximate surface area is 95.8 Å². The number of aromatic amines is 1. The SMILES string of the molecule is CC(CN)c1cc(=O)n(C2CCCCC2)[nH]1. The third-order valence-corrected chi connectivity index (χ3v) is 3.59. The molecule has 1 aliphatic carbocycles. The Hall–Kier alpha value is -1.03. The molecule has 4 nitrogen and oxygen atoms in total. The molecule has 1 unspecified atom stereocenters. The molecule has 16 heavy (non-hydrogen) atoms. The molecule has 1 heterocycles. The summed E-state index contributed by atoms with van der Waals surface area (Å²) in [6.45, 7) is 2.61. The summed E-state index contributed by atoms with van der Waals surface area (Å²) in [7, 11) is 0. The van der Waals surface area contributed by atoms with Gasteiger partial charge in [-0.2, -0.15) is 0 Å². The van der Waals surface area contributed by atoms with E-state index < -0.39 is 0 Å². The van der Waals surface area contributed by atoms with Crippen molar-refractivity contribution in [3.63, 3.8) is 0 Å². The fourth-order valence-electron chi connectivity index (χ4n) is 2.42. The van der Waals surface area contributed by atoms with E-state index >= 15 is 0 Å². The van der Waals surface area contributed by atoms with Gasteiger partial charge in [-0.25, -0.2) is 4.68 Å². The van der Waals surface area contributed by atoms with Crippen LogP contribution in [0.25, 0.3) is 0 Å². The monoisotopic (exact) mass is 223 g/mol. The molecule has 1 aromatic rings. The van der Waals surface area contributed by atoms with Crippen LogP contribution in [0, 0.1) is 0 Å². The summed E-state index contributed by atoms with van der Waals surface area (Å²) in [5.41, 5.74) is 6.68. The summed E-state index contributed by atoms with van der Waals surface area (Å²) in [6.07, 6.45) is 6.02. The average molecular weight is 223 g/mol. The zero-order valence-electron chi connectivity index (χ0n) is 9.91. The Balaban J connectivity index is 2.20. The van der Waals surface area contributed by atoms with Crippen LogP contribution in [0.4, 0.5) is 0 Å². The van der Waals surface area contributed by atoms with Crippen LogP contribution in [0.1, 0.15) is 56.7 Å². The minimum atomic E-state index is 0.0993. The molecule has 0 radical (unpaired) electrons. The summed E-state index contributed by atoms with van der Waals surface area (Å²) in [5, 5.41) is 3.23. The van der Waals surface area contributed by atoms with E-state index in [1.54, 1.807) is 10.7 Å². The summed E-state index contributed by atoms with van der Waals surface area (Å²) < 4.78 is 1.81. The van der Waals surface area contributed by atoms with E-state index in [9.17, 15) is 4.79 Å². The maximum absolute atomic E-state index is 11.9. The Morgan fingerprint density at radius 1 is 1.50 bits per heavy atom. The zero-order chi connectivity index (χ0) is 11.5. The normalized spacial score (nSPS) is 19.9. The lowest BCUT2D eigenvalue weighted by Gasteiger charge is -2.22. The number of hydrogen-bond acceptors (Lipinski definition) is 2. The van der Waals surface area contributed by atoms with Gasteiger partial charge in [0, 0.05) is 24.2 Å². The standard InChI is InChI=1S/C12H21N3O/c1-9(8-13)11-7-12(16)15(14-11)10-5-3-2-4-6-10/h7,9-10,14H,2-6,8,13H2,1H3. The van der Waals surface area contributed by atoms with Gasteiger partial charge in [0.05, 0.1) is 6.04 Å². The first-order valence-corrected chi connectivity index (χ1v) is 6.24. The molecule has 1 fully saturated rings. The van der Waals surface area contributed by atoms with Gasteiger partial charge in [-0.15, -0.1) is 0 Å². The van der Waals surface area contributed by atoms with Gasteiger partial charge in [0.1, 0.15) is 0 Å². The van der Waals surface area contributed by atoms with Gasteiger partial charge in [-0.3, -0.25) is 9.89 Å². The second kappa shape index (κ2) is 4.87. The maximum atomic E-state index is 11.9. The molecule has 1 saturated carbocycles. The molecule has 0 spiro atoms. The molecule has 0 aromatic carbocycles. The van der Waals surface area contributed by atoms with Gasteiger partial charge < -0.3 is 5.73 Å². The van der Waals surface area contributed by atoms with Crippen molar-refractivity contribution in [2.75, 3.05) is 6.54 Å². The molecule has 2 rings (SSSR count). The second-order valence-corrected chi connectivity index (χ2v) is 4.85. The minimum absolute atomic E-state index is 0.0993. The smallest absolute Gasteiger partial charge is 0.266 e. The van der Waals surface area contributed by atoms with E-state index in [0.717, 1.165) is 18.5 Å². The van der Waals surface area contributed by atoms with Crippen molar-refractivity contribution in [1.82, 2.24) is 9.78 Å². The Morgan fingerprint density at radius 3 is 2.81 bits per heavy atom. The van der Waals surface area contributed by atoms with Gasteiger partial charge in [0.2, 0.25) is 0 Å². The fraction of sp³-hybridized carbons (Fsp3) is 0.750. The lowest BCUT2D eigenvalue weighted by Crippen LogP contribution is -2.23. The Kier molecular flexibility index (Phi) is 3.49. The van der Waals surface area contributed by atoms with Crippen molar-refractivity contribution < 1.29 is 0 Å². The molecule has 1 aliphatic rings. The van der Waals surface area contributed by atoms with Crippen LogP contribution in [0.2, 0.25) is 0 Å². The third-order valence-electron chi connectivity index (χ3n) is 3.59. The van der Waals surface area contributed by atoms with Crippen LogP contribution >= 0.6 is 0 Å². The quantitative estimate of drug-likeness (QED) is 0.820. The first-order valence-electron chi connectivity index (χ1n) is 6.24. The van der Waals surface area contributed by atoms with E-state index in [-0.39, 0.29) is 11.5 Å². The topological polar surface area (TPSA) is 63.8 Å². The highest BCUT2D eigenvalue weighted by molar-refractivity contribution is 5.06. The van der Waals surface area contributed by atoms with Gasteiger partial charge in [-0.1, -0.05) is 26.2 Å². The van der Waals surface area contributed by atoms with Crippen molar-refractivity contribution >= 4 is 0 Å². The second-order valence-electron chi connectivity index (χ2n) is 4.85. The van der Waals surface area contributed by atoms with Crippen molar-refractivity contribution in [2.24, 2.45) is 5.73 Å². The van der Waals surface area contributed by atoms with E-state index in [4.69, 9.17) is 5.73 Å². The van der Waals surface area contributed by atoms with Crippen LogP contribution in [0.15, 0.2) is 10.9 Å². The van der Waals surface area contributed by atoms with Gasteiger partial charge >= 0.3 is 0 Å². The van der Waals surface area contributed by atoms with Crippen LogP contribution in [-0.2, 0) is 0 Å². The number of rotatable bonds is 3. The largest absolute Gasteiger partial charge is 0.330 e. The molecule has 0 aliphatic heterocycles. The van der Waals surface area contributed by atoms with E-state index in [0.29, 0.717) is 12.6 Å². The molecule has 3 N–H and O–H groups in total. The Bertz CT molecular complexity index is 387. The molecule has 90 valence electrons. The summed E-state index contributed by atoms with van der Waals surface area (Å²) in [5.74, 6) is 0.234. The third kappa shape index (κ3) is 2.21. The zero-order valence-corrected chi connectivity index (χ0v) is 9.91. The van der Waals surface area contributed by atoms with Gasteiger partial charge in [-0.05, 0) is 12.8 Å². The van der Waals surface area contributed by atoms with E-state index in [1.165, 1.54) is 19.3 Å². The lowest BCUT2D eigenvalue weighted by molar-refractivity contribution is 0.321. The highest BCUT2D eigenvalue weighted by Crippen LogP contribution is 2.26. The number of nitrogens with two attached hydrogens (primary N) is 1. The number of aromatic nitrogens is 2. The van der Waals surface area contributed by atoms with Crippen molar-refractivity contribution in [3.05, 3.63) is 22.1 Å². The summed E-state index contributed by atoms with van der Waals surface area (Å²) in [6, 6.07) is 2.08. The van der Waals surface area contributed by atoms with E-state index in [2.05, 4.69) is 5.10 Å². The molecule has 1 aromatic heterocycles. The maximum Gasteiger partial charge on any atom is 0.266 e. The predicted molar refractivity (Wildman–Crippen MR) is 64.6 cm³/mol. The van der Waals surface area contributed by atoms with Crippen molar-refractivity contribution in [2.45, 2.75) is 51.0 Å². The molecule has 4 heteroatoms. The number of H-pyrrole nitrogens is 1. The number of nitrogens with zero attached hydrogens (tertiary/aromatic N) is 1.